The van der Waals surface area contributed by atoms with Crippen molar-refractivity contribution in [2.24, 2.45) is 5.73 Å². The third-order valence-electron chi connectivity index (χ3n) is 4.07. The van der Waals surface area contributed by atoms with Gasteiger partial charge in [0.05, 0.1) is 0 Å². The Morgan fingerprint density at radius 2 is 1.79 bits per heavy atom. The minimum atomic E-state index is -3.56. The summed E-state index contributed by atoms with van der Waals surface area (Å²) in [5, 5.41) is 62.1. The van der Waals surface area contributed by atoms with Gasteiger partial charge in [-0.15, -0.1) is 5.10 Å². The number of ether oxygens (including phenoxy) is 1. The number of halogens is 1. The highest BCUT2D eigenvalue weighted by atomic mass is 19.1. The number of aromatic nitrogens is 3. The first-order chi connectivity index (χ1) is 13.4. The first-order valence-corrected chi connectivity index (χ1v) is 7.90. The monoisotopic (exact) mass is 410 g/mol. The number of rotatable bonds is 3. The van der Waals surface area contributed by atoms with Crippen molar-refractivity contribution in [3.05, 3.63) is 47.3 Å². The van der Waals surface area contributed by atoms with Crippen molar-refractivity contribution in [2.45, 2.75) is 30.2 Å². The minimum absolute atomic E-state index is 0.350. The van der Waals surface area contributed by atoms with E-state index in [0.29, 0.717) is 10.2 Å². The lowest BCUT2D eigenvalue weighted by Gasteiger charge is -2.31. The molecular formula is C16H15FN4O8. The lowest BCUT2D eigenvalue weighted by Crippen LogP contribution is -2.60. The maximum Gasteiger partial charge on any atom is 0.286 e. The van der Waals surface area contributed by atoms with Crippen LogP contribution in [0.2, 0.25) is 0 Å². The molecule has 0 bridgehead atoms. The average molecular weight is 410 g/mol. The number of aliphatic hydroxyl groups is 6. The third kappa shape index (κ3) is 3.57. The summed E-state index contributed by atoms with van der Waals surface area (Å²) in [6, 6.07) is 5.04. The highest BCUT2D eigenvalue weighted by Gasteiger charge is 2.69. The van der Waals surface area contributed by atoms with Crippen LogP contribution in [0.3, 0.4) is 0 Å². The van der Waals surface area contributed by atoms with Crippen molar-refractivity contribution < 1.29 is 44.6 Å². The molecule has 2 aromatic rings. The molecule has 154 valence electrons. The number of carbonyl (C=O) groups is 1. The van der Waals surface area contributed by atoms with E-state index >= 15 is 0 Å². The number of primary amides is 1. The maximum absolute atomic E-state index is 12.9. The predicted octanol–water partition coefficient (Wildman–Crippen LogP) is -3.51. The lowest BCUT2D eigenvalue weighted by atomic mass is 10.0. The van der Waals surface area contributed by atoms with Gasteiger partial charge in [-0.3, -0.25) is 4.79 Å². The fourth-order valence-electron chi connectivity index (χ4n) is 2.60. The average Bonchev–Trinajstić information content (AvgIpc) is 3.12. The largest absolute Gasteiger partial charge is 0.366 e. The second-order valence-electron chi connectivity index (χ2n) is 6.10. The van der Waals surface area contributed by atoms with E-state index in [1.54, 1.807) is 0 Å². The number of benzene rings is 1. The van der Waals surface area contributed by atoms with E-state index in [1.165, 1.54) is 12.1 Å². The molecule has 2 atom stereocenters. The summed E-state index contributed by atoms with van der Waals surface area (Å²) in [4.78, 5) is 15.4. The Morgan fingerprint density at radius 1 is 1.17 bits per heavy atom. The minimum Gasteiger partial charge on any atom is -0.366 e. The third-order valence-corrected chi connectivity index (χ3v) is 4.07. The first kappa shape index (κ1) is 20.8. The quantitative estimate of drug-likeness (QED) is 0.196. The van der Waals surface area contributed by atoms with Crippen molar-refractivity contribution >= 4 is 5.91 Å². The van der Waals surface area contributed by atoms with Gasteiger partial charge in [0.1, 0.15) is 5.82 Å². The van der Waals surface area contributed by atoms with Crippen LogP contribution in [0.4, 0.5) is 4.39 Å². The fourth-order valence-corrected chi connectivity index (χ4v) is 2.60. The van der Waals surface area contributed by atoms with Gasteiger partial charge >= 0.3 is 0 Å². The summed E-state index contributed by atoms with van der Waals surface area (Å²) in [6.07, 6.45) is -7.06. The molecule has 2 heterocycles. The van der Waals surface area contributed by atoms with Crippen molar-refractivity contribution in [2.75, 3.05) is 0 Å². The van der Waals surface area contributed by atoms with E-state index in [4.69, 9.17) is 10.5 Å². The zero-order chi connectivity index (χ0) is 21.6. The molecule has 1 aliphatic heterocycles. The van der Waals surface area contributed by atoms with Gasteiger partial charge in [-0.1, -0.05) is 5.92 Å². The van der Waals surface area contributed by atoms with Gasteiger partial charge in [-0.2, -0.15) is 4.98 Å². The van der Waals surface area contributed by atoms with E-state index in [1.807, 2.05) is 0 Å². The molecule has 1 amide bonds. The van der Waals surface area contributed by atoms with Crippen LogP contribution in [0.5, 0.6) is 0 Å². The lowest BCUT2D eigenvalue weighted by molar-refractivity contribution is -0.363. The number of nitrogens with two attached hydrogens (primary N) is 1. The zero-order valence-electron chi connectivity index (χ0n) is 14.3. The topological polar surface area (TPSA) is 204 Å². The Kier molecular flexibility index (Phi) is 5.11. The molecule has 3 rings (SSSR count). The van der Waals surface area contributed by atoms with Crippen molar-refractivity contribution in [1.82, 2.24) is 14.8 Å². The Balaban J connectivity index is 2.02. The van der Waals surface area contributed by atoms with Crippen LogP contribution in [-0.2, 0) is 4.74 Å². The molecule has 29 heavy (non-hydrogen) atoms. The van der Waals surface area contributed by atoms with E-state index in [9.17, 15) is 39.8 Å². The van der Waals surface area contributed by atoms with Crippen molar-refractivity contribution in [1.29, 1.82) is 0 Å². The molecule has 1 aromatic carbocycles. The Morgan fingerprint density at radius 3 is 2.31 bits per heavy atom. The second-order valence-corrected chi connectivity index (χ2v) is 6.10. The highest BCUT2D eigenvalue weighted by molar-refractivity contribution is 5.89. The number of nitrogens with zero attached hydrogens (tertiary/aromatic N) is 3. The SMILES string of the molecule is NC(=O)c1nc(C#Cc2ccc(F)cc2)nn1[C@@H]1O[C@H](C(O)O)C(O)(O)C1(O)O. The van der Waals surface area contributed by atoms with E-state index in [2.05, 4.69) is 21.9 Å². The summed E-state index contributed by atoms with van der Waals surface area (Å²) in [5.74, 6) is -4.85. The molecule has 0 radical (unpaired) electrons. The second kappa shape index (κ2) is 7.13. The van der Waals surface area contributed by atoms with E-state index in [0.717, 1.165) is 12.1 Å². The Hall–Kier alpha value is -2.96. The molecule has 12 nitrogen and oxygen atoms in total. The van der Waals surface area contributed by atoms with Gasteiger partial charge in [0.25, 0.3) is 17.5 Å². The highest BCUT2D eigenvalue weighted by Crippen LogP contribution is 2.43. The van der Waals surface area contributed by atoms with Crippen LogP contribution >= 0.6 is 0 Å². The number of hydrogen-bond donors (Lipinski definition) is 7. The molecule has 0 aliphatic carbocycles. The maximum atomic E-state index is 12.9. The summed E-state index contributed by atoms with van der Waals surface area (Å²) < 4.78 is 18.2. The van der Waals surface area contributed by atoms with Crippen molar-refractivity contribution in [3.63, 3.8) is 0 Å². The van der Waals surface area contributed by atoms with Gasteiger partial charge in [0.15, 0.2) is 12.4 Å². The van der Waals surface area contributed by atoms with Crippen LogP contribution in [0.25, 0.3) is 0 Å². The number of carbonyl (C=O) groups excluding carboxylic acids is 1. The van der Waals surface area contributed by atoms with Gasteiger partial charge in [-0.05, 0) is 30.2 Å². The molecular weight excluding hydrogens is 395 g/mol. The Bertz CT molecular complexity index is 993. The molecule has 1 aromatic heterocycles. The summed E-state index contributed by atoms with van der Waals surface area (Å²) in [7, 11) is 0. The molecule has 13 heteroatoms. The molecule has 0 unspecified atom stereocenters. The summed E-state index contributed by atoms with van der Waals surface area (Å²) >= 11 is 0. The predicted molar refractivity (Wildman–Crippen MR) is 87.4 cm³/mol. The zero-order valence-corrected chi connectivity index (χ0v) is 14.3. The molecule has 0 spiro atoms. The van der Waals surface area contributed by atoms with Crippen LogP contribution in [-0.4, -0.2) is 75.3 Å². The van der Waals surface area contributed by atoms with Gasteiger partial charge in [0, 0.05) is 5.56 Å². The molecule has 1 fully saturated rings. The molecule has 0 saturated carbocycles. The Labute approximate surface area is 161 Å². The van der Waals surface area contributed by atoms with Crippen LogP contribution < -0.4 is 5.73 Å². The fraction of sp³-hybridized carbons (Fsp3) is 0.312. The van der Waals surface area contributed by atoms with Crippen LogP contribution in [0, 0.1) is 17.7 Å². The first-order valence-electron chi connectivity index (χ1n) is 7.90. The summed E-state index contributed by atoms with van der Waals surface area (Å²) in [6.45, 7) is 0. The molecule has 1 saturated heterocycles. The van der Waals surface area contributed by atoms with Crippen molar-refractivity contribution in [3.8, 4) is 11.8 Å². The number of amides is 1. The number of hydrogen-bond acceptors (Lipinski definition) is 10. The molecule has 1 aliphatic rings. The smallest absolute Gasteiger partial charge is 0.286 e. The number of aliphatic hydroxyl groups excluding tert-OH is 1. The van der Waals surface area contributed by atoms with E-state index < -0.39 is 47.7 Å². The van der Waals surface area contributed by atoms with Gasteiger partial charge in [0.2, 0.25) is 17.9 Å². The van der Waals surface area contributed by atoms with Gasteiger partial charge in [-0.25, -0.2) is 9.07 Å². The summed E-state index contributed by atoms with van der Waals surface area (Å²) in [5.41, 5.74) is 5.54. The van der Waals surface area contributed by atoms with Gasteiger partial charge < -0.3 is 41.1 Å². The molecule has 8 N–H and O–H groups in total. The van der Waals surface area contributed by atoms with E-state index in [-0.39, 0.29) is 5.82 Å². The van der Waals surface area contributed by atoms with Crippen LogP contribution in [0.15, 0.2) is 24.3 Å². The standard InChI is InChI=1S/C16H15FN4O8/c17-8-4-1-7(2-5-8)3-6-9-19-12(11(18)22)21(20-9)14-16(27,28)15(25,26)10(29-14)13(23)24/h1-2,4-5,10,13-14,23-28H,(H2,18,22)/t10-,14-/m1/s1. The normalized spacial score (nSPS) is 22.3. The van der Waals surface area contributed by atoms with Crippen LogP contribution in [0.1, 0.15) is 28.2 Å².